The minimum atomic E-state index is -0.0115. The summed E-state index contributed by atoms with van der Waals surface area (Å²) in [6, 6.07) is 17.9. The quantitative estimate of drug-likeness (QED) is 0.692. The molecule has 0 saturated carbocycles. The Hall–Kier alpha value is -2.47. The molecule has 0 unspecified atom stereocenters. The van der Waals surface area contributed by atoms with Crippen LogP contribution in [0.5, 0.6) is 0 Å². The highest BCUT2D eigenvalue weighted by Crippen LogP contribution is 2.23. The van der Waals surface area contributed by atoms with Gasteiger partial charge in [-0.05, 0) is 41.8 Å². The Morgan fingerprint density at radius 3 is 2.17 bits per heavy atom. The molecule has 1 N–H and O–H groups in total. The zero-order valence-electron chi connectivity index (χ0n) is 18.1. The normalized spacial score (nSPS) is 14.5. The average Bonchev–Trinajstić information content (AvgIpc) is 2.72. The molecule has 6 heteroatoms. The smallest absolute Gasteiger partial charge is 0.234 e. The molecule has 2 aromatic carbocycles. The van der Waals surface area contributed by atoms with E-state index in [1.54, 1.807) is 0 Å². The zero-order chi connectivity index (χ0) is 21.6. The van der Waals surface area contributed by atoms with E-state index < -0.39 is 0 Å². The summed E-state index contributed by atoms with van der Waals surface area (Å²) < 4.78 is 0. The summed E-state index contributed by atoms with van der Waals surface area (Å²) in [6.07, 6.45) is 0.587. The van der Waals surface area contributed by atoms with Crippen LogP contribution in [0.1, 0.15) is 27.2 Å². The lowest BCUT2D eigenvalue weighted by molar-refractivity contribution is -0.133. The predicted octanol–water partition coefficient (Wildman–Crippen LogP) is 4.50. The molecule has 1 heterocycles. The molecule has 1 fully saturated rings. The van der Waals surface area contributed by atoms with Crippen molar-refractivity contribution in [3.8, 4) is 0 Å². The van der Waals surface area contributed by atoms with Crippen LogP contribution in [0.3, 0.4) is 0 Å². The summed E-state index contributed by atoms with van der Waals surface area (Å²) in [4.78, 5) is 30.0. The van der Waals surface area contributed by atoms with Crippen molar-refractivity contribution < 1.29 is 9.59 Å². The molecule has 0 aliphatic carbocycles. The van der Waals surface area contributed by atoms with Gasteiger partial charge in [-0.15, -0.1) is 11.8 Å². The summed E-state index contributed by atoms with van der Waals surface area (Å²) in [5, 5.41) is 2.95. The fraction of sp³-hybridized carbons (Fsp3) is 0.417. The lowest BCUT2D eigenvalue weighted by Gasteiger charge is -2.37. The summed E-state index contributed by atoms with van der Waals surface area (Å²) in [7, 11) is 0. The van der Waals surface area contributed by atoms with Crippen LogP contribution in [0, 0.1) is 5.41 Å². The van der Waals surface area contributed by atoms with Gasteiger partial charge in [-0.2, -0.15) is 0 Å². The molecule has 0 atom stereocenters. The highest BCUT2D eigenvalue weighted by molar-refractivity contribution is 8.00. The second-order valence-electron chi connectivity index (χ2n) is 8.80. The van der Waals surface area contributed by atoms with E-state index in [9.17, 15) is 9.59 Å². The lowest BCUT2D eigenvalue weighted by atomic mass is 9.91. The van der Waals surface area contributed by atoms with Crippen LogP contribution in [0.4, 0.5) is 11.4 Å². The van der Waals surface area contributed by atoms with Gasteiger partial charge in [-0.25, -0.2) is 0 Å². The molecule has 2 amide bonds. The fourth-order valence-electron chi connectivity index (χ4n) is 3.40. The third-order valence-electron chi connectivity index (χ3n) is 4.94. The van der Waals surface area contributed by atoms with Crippen molar-refractivity contribution in [3.05, 3.63) is 54.6 Å². The van der Waals surface area contributed by atoms with Gasteiger partial charge < -0.3 is 15.1 Å². The number of carbonyl (C=O) groups excluding carboxylic acids is 2. The molecule has 1 aliphatic rings. The number of thioether (sulfide) groups is 1. The minimum Gasteiger partial charge on any atom is -0.368 e. The fourth-order valence-corrected chi connectivity index (χ4v) is 4.12. The number of hydrogen-bond donors (Lipinski definition) is 1. The van der Waals surface area contributed by atoms with Gasteiger partial charge in [-0.3, -0.25) is 9.59 Å². The maximum absolute atomic E-state index is 12.4. The first kappa shape index (κ1) is 22.2. The highest BCUT2D eigenvalue weighted by Gasteiger charge is 2.24. The number of carbonyl (C=O) groups is 2. The Balaban J connectivity index is 1.45. The van der Waals surface area contributed by atoms with Crippen molar-refractivity contribution in [2.24, 2.45) is 5.41 Å². The van der Waals surface area contributed by atoms with Gasteiger partial charge in [0, 0.05) is 48.9 Å². The van der Waals surface area contributed by atoms with Gasteiger partial charge >= 0.3 is 0 Å². The topological polar surface area (TPSA) is 52.7 Å². The van der Waals surface area contributed by atoms with Crippen LogP contribution in [-0.2, 0) is 9.59 Å². The van der Waals surface area contributed by atoms with E-state index in [0.717, 1.165) is 42.4 Å². The number of nitrogens with zero attached hydrogens (tertiary/aromatic N) is 2. The number of nitrogens with one attached hydrogen (secondary N) is 1. The van der Waals surface area contributed by atoms with E-state index in [0.29, 0.717) is 12.2 Å². The van der Waals surface area contributed by atoms with Crippen molar-refractivity contribution in [1.29, 1.82) is 0 Å². The molecular weight excluding hydrogens is 394 g/mol. The first-order chi connectivity index (χ1) is 14.3. The van der Waals surface area contributed by atoms with E-state index in [1.165, 1.54) is 11.8 Å². The molecule has 1 saturated heterocycles. The van der Waals surface area contributed by atoms with Crippen molar-refractivity contribution in [2.75, 3.05) is 42.1 Å². The maximum atomic E-state index is 12.4. The van der Waals surface area contributed by atoms with Gasteiger partial charge in [0.25, 0.3) is 0 Å². The van der Waals surface area contributed by atoms with Gasteiger partial charge in [0.05, 0.1) is 5.75 Å². The van der Waals surface area contributed by atoms with Crippen LogP contribution < -0.4 is 10.2 Å². The Labute approximate surface area is 183 Å². The molecule has 0 aromatic heterocycles. The van der Waals surface area contributed by atoms with Gasteiger partial charge in [0.1, 0.15) is 0 Å². The van der Waals surface area contributed by atoms with E-state index in [4.69, 9.17) is 0 Å². The zero-order valence-corrected chi connectivity index (χ0v) is 18.9. The monoisotopic (exact) mass is 425 g/mol. The standard InChI is InChI=1S/C24H31N3O2S/c1-24(2,3)17-23(29)27-15-13-26(14-16-27)20-11-9-19(10-12-20)25-22(28)18-30-21-7-5-4-6-8-21/h4-12H,13-18H2,1-3H3,(H,25,28). The summed E-state index contributed by atoms with van der Waals surface area (Å²) in [5.41, 5.74) is 1.94. The molecule has 1 aliphatic heterocycles. The second-order valence-corrected chi connectivity index (χ2v) is 9.85. The third-order valence-corrected chi connectivity index (χ3v) is 5.96. The Kier molecular flexibility index (Phi) is 7.43. The molecule has 0 spiro atoms. The summed E-state index contributed by atoms with van der Waals surface area (Å²) in [6.45, 7) is 9.46. The van der Waals surface area contributed by atoms with E-state index in [-0.39, 0.29) is 17.2 Å². The first-order valence-electron chi connectivity index (χ1n) is 10.4. The number of rotatable bonds is 6. The molecule has 2 aromatic rings. The molecule has 30 heavy (non-hydrogen) atoms. The van der Waals surface area contributed by atoms with E-state index in [2.05, 4.69) is 31.0 Å². The number of anilines is 2. The number of piperazine rings is 1. The van der Waals surface area contributed by atoms with Crippen LogP contribution >= 0.6 is 11.8 Å². The Bertz CT molecular complexity index is 839. The van der Waals surface area contributed by atoms with E-state index in [1.807, 2.05) is 59.5 Å². The minimum absolute atomic E-state index is 0.0115. The van der Waals surface area contributed by atoms with Crippen LogP contribution in [0.25, 0.3) is 0 Å². The summed E-state index contributed by atoms with van der Waals surface area (Å²) in [5.74, 6) is 0.618. The average molecular weight is 426 g/mol. The van der Waals surface area contributed by atoms with Crippen molar-refractivity contribution in [3.63, 3.8) is 0 Å². The first-order valence-corrected chi connectivity index (χ1v) is 11.4. The number of amides is 2. The number of hydrogen-bond acceptors (Lipinski definition) is 4. The van der Waals surface area contributed by atoms with Crippen LogP contribution in [0.15, 0.2) is 59.5 Å². The van der Waals surface area contributed by atoms with Gasteiger partial charge in [0.15, 0.2) is 0 Å². The molecule has 5 nitrogen and oxygen atoms in total. The summed E-state index contributed by atoms with van der Waals surface area (Å²) >= 11 is 1.53. The van der Waals surface area contributed by atoms with Gasteiger partial charge in [0.2, 0.25) is 11.8 Å². The van der Waals surface area contributed by atoms with Crippen molar-refractivity contribution >= 4 is 35.0 Å². The molecule has 3 rings (SSSR count). The molecule has 160 valence electrons. The van der Waals surface area contributed by atoms with Gasteiger partial charge in [-0.1, -0.05) is 39.0 Å². The largest absolute Gasteiger partial charge is 0.368 e. The maximum Gasteiger partial charge on any atom is 0.234 e. The van der Waals surface area contributed by atoms with Crippen LogP contribution in [0.2, 0.25) is 0 Å². The molecular formula is C24H31N3O2S. The van der Waals surface area contributed by atoms with Crippen molar-refractivity contribution in [1.82, 2.24) is 4.90 Å². The number of benzene rings is 2. The molecule has 0 bridgehead atoms. The van der Waals surface area contributed by atoms with Crippen molar-refractivity contribution in [2.45, 2.75) is 32.1 Å². The Morgan fingerprint density at radius 1 is 0.933 bits per heavy atom. The molecule has 0 radical (unpaired) electrons. The highest BCUT2D eigenvalue weighted by atomic mass is 32.2. The third kappa shape index (κ3) is 6.80. The lowest BCUT2D eigenvalue weighted by Crippen LogP contribution is -2.49. The Morgan fingerprint density at radius 2 is 1.57 bits per heavy atom. The van der Waals surface area contributed by atoms with E-state index >= 15 is 0 Å². The SMILES string of the molecule is CC(C)(C)CC(=O)N1CCN(c2ccc(NC(=O)CSc3ccccc3)cc2)CC1. The second kappa shape index (κ2) is 10.0. The predicted molar refractivity (Wildman–Crippen MR) is 125 cm³/mol. The van der Waals surface area contributed by atoms with Crippen LogP contribution in [-0.4, -0.2) is 48.6 Å².